The van der Waals surface area contributed by atoms with Gasteiger partial charge in [-0.25, -0.2) is 0 Å². The second-order valence-electron chi connectivity index (χ2n) is 3.79. The van der Waals surface area contributed by atoms with Gasteiger partial charge in [-0.15, -0.1) is 11.3 Å². The standard InChI is InChI=1S/C11H14O2S/c1-2-9-5-7-3-4-8(6-10(12)13)11(7)14-9/h5,8H,2-4,6H2,1H3,(H,12,13). The number of hydrogen-bond donors (Lipinski definition) is 1. The lowest BCUT2D eigenvalue weighted by molar-refractivity contribution is -0.137. The van der Waals surface area contributed by atoms with E-state index in [2.05, 4.69) is 13.0 Å². The maximum Gasteiger partial charge on any atom is 0.303 e. The van der Waals surface area contributed by atoms with Crippen molar-refractivity contribution in [3.05, 3.63) is 21.4 Å². The second-order valence-corrected chi connectivity index (χ2v) is 4.96. The van der Waals surface area contributed by atoms with E-state index in [1.165, 1.54) is 15.3 Å². The Bertz CT molecular complexity index is 354. The Morgan fingerprint density at radius 2 is 2.50 bits per heavy atom. The van der Waals surface area contributed by atoms with Crippen LogP contribution in [0.3, 0.4) is 0 Å². The van der Waals surface area contributed by atoms with E-state index in [1.807, 2.05) is 11.3 Å². The number of carbonyl (C=O) groups is 1. The number of thiophene rings is 1. The summed E-state index contributed by atoms with van der Waals surface area (Å²) in [5.41, 5.74) is 1.40. The second kappa shape index (κ2) is 3.73. The molecule has 1 N–H and O–H groups in total. The highest BCUT2D eigenvalue weighted by Crippen LogP contribution is 2.41. The van der Waals surface area contributed by atoms with Crippen LogP contribution in [0.1, 0.15) is 41.0 Å². The normalized spacial score (nSPS) is 19.6. The predicted molar refractivity (Wildman–Crippen MR) is 57.0 cm³/mol. The summed E-state index contributed by atoms with van der Waals surface area (Å²) < 4.78 is 0. The van der Waals surface area contributed by atoms with Crippen molar-refractivity contribution in [2.24, 2.45) is 0 Å². The lowest BCUT2D eigenvalue weighted by atomic mass is 10.1. The fourth-order valence-electron chi connectivity index (χ4n) is 2.08. The van der Waals surface area contributed by atoms with Crippen LogP contribution >= 0.6 is 11.3 Å². The van der Waals surface area contributed by atoms with Gasteiger partial charge in [0, 0.05) is 15.7 Å². The molecule has 3 heteroatoms. The molecule has 0 saturated carbocycles. The molecular formula is C11H14O2S. The van der Waals surface area contributed by atoms with Crippen molar-refractivity contribution < 1.29 is 9.90 Å². The third kappa shape index (κ3) is 1.69. The van der Waals surface area contributed by atoms with Gasteiger partial charge >= 0.3 is 5.97 Å². The van der Waals surface area contributed by atoms with E-state index in [0.717, 1.165) is 19.3 Å². The number of hydrogen-bond acceptors (Lipinski definition) is 2. The zero-order valence-electron chi connectivity index (χ0n) is 8.25. The van der Waals surface area contributed by atoms with E-state index in [0.29, 0.717) is 6.42 Å². The Morgan fingerprint density at radius 3 is 3.14 bits per heavy atom. The largest absolute Gasteiger partial charge is 0.481 e. The Labute approximate surface area is 87.6 Å². The fourth-order valence-corrected chi connectivity index (χ4v) is 3.37. The van der Waals surface area contributed by atoms with Crippen LogP contribution in [0.5, 0.6) is 0 Å². The number of carboxylic acid groups (broad SMARTS) is 1. The van der Waals surface area contributed by atoms with Crippen LogP contribution in [0.15, 0.2) is 6.07 Å². The molecule has 1 aliphatic rings. The smallest absolute Gasteiger partial charge is 0.303 e. The van der Waals surface area contributed by atoms with Crippen LogP contribution < -0.4 is 0 Å². The zero-order chi connectivity index (χ0) is 10.1. The molecule has 0 radical (unpaired) electrons. The van der Waals surface area contributed by atoms with Gasteiger partial charge in [0.25, 0.3) is 0 Å². The van der Waals surface area contributed by atoms with Gasteiger partial charge in [0.1, 0.15) is 0 Å². The summed E-state index contributed by atoms with van der Waals surface area (Å²) in [7, 11) is 0. The average Bonchev–Trinajstić information content (AvgIpc) is 2.66. The monoisotopic (exact) mass is 210 g/mol. The summed E-state index contributed by atoms with van der Waals surface area (Å²) in [4.78, 5) is 13.4. The quantitative estimate of drug-likeness (QED) is 0.833. The molecule has 0 spiro atoms. The van der Waals surface area contributed by atoms with Gasteiger partial charge in [-0.2, -0.15) is 0 Å². The Kier molecular flexibility index (Phi) is 2.59. The minimum absolute atomic E-state index is 0.285. The average molecular weight is 210 g/mol. The first kappa shape index (κ1) is 9.71. The molecule has 1 atom stereocenters. The van der Waals surface area contributed by atoms with E-state index >= 15 is 0 Å². The van der Waals surface area contributed by atoms with Gasteiger partial charge in [0.05, 0.1) is 6.42 Å². The van der Waals surface area contributed by atoms with Crippen LogP contribution in [0, 0.1) is 0 Å². The van der Waals surface area contributed by atoms with Gasteiger partial charge in [0.15, 0.2) is 0 Å². The zero-order valence-corrected chi connectivity index (χ0v) is 9.06. The van der Waals surface area contributed by atoms with Crippen molar-refractivity contribution >= 4 is 17.3 Å². The molecule has 76 valence electrons. The summed E-state index contributed by atoms with van der Waals surface area (Å²) in [6.07, 6.45) is 3.47. The maximum absolute atomic E-state index is 10.6. The first-order chi connectivity index (χ1) is 6.70. The van der Waals surface area contributed by atoms with Gasteiger partial charge in [-0.1, -0.05) is 6.92 Å². The van der Waals surface area contributed by atoms with Crippen LogP contribution in [0.25, 0.3) is 0 Å². The van der Waals surface area contributed by atoms with Crippen molar-refractivity contribution in [2.45, 2.75) is 38.5 Å². The number of aliphatic carboxylic acids is 1. The summed E-state index contributed by atoms with van der Waals surface area (Å²) >= 11 is 1.81. The van der Waals surface area contributed by atoms with E-state index < -0.39 is 5.97 Å². The molecule has 1 aromatic rings. The van der Waals surface area contributed by atoms with Crippen molar-refractivity contribution in [1.82, 2.24) is 0 Å². The third-order valence-corrected chi connectivity index (χ3v) is 4.28. The molecule has 1 heterocycles. The molecule has 1 aromatic heterocycles. The minimum Gasteiger partial charge on any atom is -0.481 e. The van der Waals surface area contributed by atoms with E-state index in [-0.39, 0.29) is 5.92 Å². The summed E-state index contributed by atoms with van der Waals surface area (Å²) in [6, 6.07) is 2.25. The number of carboxylic acids is 1. The van der Waals surface area contributed by atoms with Crippen LogP contribution in [-0.4, -0.2) is 11.1 Å². The van der Waals surface area contributed by atoms with E-state index in [9.17, 15) is 4.79 Å². The maximum atomic E-state index is 10.6. The highest BCUT2D eigenvalue weighted by Gasteiger charge is 2.26. The van der Waals surface area contributed by atoms with Crippen molar-refractivity contribution in [1.29, 1.82) is 0 Å². The van der Waals surface area contributed by atoms with Crippen LogP contribution in [-0.2, 0) is 17.6 Å². The number of rotatable bonds is 3. The van der Waals surface area contributed by atoms with Gasteiger partial charge in [-0.05, 0) is 30.9 Å². The third-order valence-electron chi connectivity index (χ3n) is 2.80. The molecule has 0 bridgehead atoms. The molecule has 1 aliphatic carbocycles. The lowest BCUT2D eigenvalue weighted by Gasteiger charge is -2.04. The predicted octanol–water partition coefficient (Wildman–Crippen LogP) is 2.82. The van der Waals surface area contributed by atoms with Gasteiger partial charge in [0.2, 0.25) is 0 Å². The minimum atomic E-state index is -0.672. The molecule has 2 rings (SSSR count). The number of aryl methyl sites for hydroxylation is 2. The van der Waals surface area contributed by atoms with E-state index in [4.69, 9.17) is 5.11 Å². The van der Waals surface area contributed by atoms with Crippen molar-refractivity contribution in [3.8, 4) is 0 Å². The topological polar surface area (TPSA) is 37.3 Å². The molecule has 0 amide bonds. The molecule has 0 fully saturated rings. The van der Waals surface area contributed by atoms with E-state index in [1.54, 1.807) is 0 Å². The van der Waals surface area contributed by atoms with Crippen molar-refractivity contribution in [3.63, 3.8) is 0 Å². The van der Waals surface area contributed by atoms with Gasteiger partial charge < -0.3 is 5.11 Å². The summed E-state index contributed by atoms with van der Waals surface area (Å²) in [6.45, 7) is 2.15. The Balaban J connectivity index is 2.20. The molecule has 14 heavy (non-hydrogen) atoms. The highest BCUT2D eigenvalue weighted by molar-refractivity contribution is 7.12. The highest BCUT2D eigenvalue weighted by atomic mass is 32.1. The Hall–Kier alpha value is -0.830. The fraction of sp³-hybridized carbons (Fsp3) is 0.545. The number of fused-ring (bicyclic) bond motifs is 1. The molecule has 2 nitrogen and oxygen atoms in total. The lowest BCUT2D eigenvalue weighted by Crippen LogP contribution is -2.01. The molecule has 0 aliphatic heterocycles. The molecule has 0 aromatic carbocycles. The first-order valence-electron chi connectivity index (χ1n) is 5.04. The van der Waals surface area contributed by atoms with Crippen LogP contribution in [0.4, 0.5) is 0 Å². The summed E-state index contributed by atoms with van der Waals surface area (Å²) in [5, 5.41) is 8.77. The summed E-state index contributed by atoms with van der Waals surface area (Å²) in [5.74, 6) is -0.387. The molecular weight excluding hydrogens is 196 g/mol. The van der Waals surface area contributed by atoms with Crippen LogP contribution in [0.2, 0.25) is 0 Å². The molecule has 1 unspecified atom stereocenters. The SMILES string of the molecule is CCc1cc2c(s1)C(CC(=O)O)CC2. The first-order valence-corrected chi connectivity index (χ1v) is 5.85. The van der Waals surface area contributed by atoms with Gasteiger partial charge in [-0.3, -0.25) is 4.79 Å². The van der Waals surface area contributed by atoms with Crippen molar-refractivity contribution in [2.75, 3.05) is 0 Å². The Morgan fingerprint density at radius 1 is 1.71 bits per heavy atom. The molecule has 0 saturated heterocycles.